The van der Waals surface area contributed by atoms with Gasteiger partial charge >= 0.3 is 16.3 Å². The van der Waals surface area contributed by atoms with Crippen molar-refractivity contribution in [2.45, 2.75) is 32.7 Å². The molecule has 0 spiro atoms. The lowest BCUT2D eigenvalue weighted by molar-refractivity contribution is -0.134. The van der Waals surface area contributed by atoms with Crippen LogP contribution >= 0.6 is 0 Å². The summed E-state index contributed by atoms with van der Waals surface area (Å²) >= 11 is 0. The molecule has 6 nitrogen and oxygen atoms in total. The minimum Gasteiger partial charge on any atom is -0.497 e. The van der Waals surface area contributed by atoms with Crippen molar-refractivity contribution in [2.24, 2.45) is 0 Å². The molecule has 0 aliphatic carbocycles. The third kappa shape index (κ3) is 6.03. The Labute approximate surface area is 119 Å². The molecule has 0 unspecified atom stereocenters. The fourth-order valence-electron chi connectivity index (χ4n) is 1.43. The molecule has 0 amide bonds. The van der Waals surface area contributed by atoms with Crippen molar-refractivity contribution in [3.63, 3.8) is 0 Å². The van der Waals surface area contributed by atoms with Crippen molar-refractivity contribution in [3.8, 4) is 5.75 Å². The first-order valence-corrected chi connectivity index (χ1v) is 7.72. The van der Waals surface area contributed by atoms with Crippen molar-refractivity contribution in [3.05, 3.63) is 29.8 Å². The molecule has 0 saturated carbocycles. The molecule has 0 aromatic heterocycles. The van der Waals surface area contributed by atoms with E-state index in [1.807, 2.05) is 6.92 Å². The minimum atomic E-state index is -4.06. The van der Waals surface area contributed by atoms with Crippen LogP contribution in [0.2, 0.25) is 0 Å². The van der Waals surface area contributed by atoms with Gasteiger partial charge in [0.2, 0.25) is 0 Å². The number of hydrogen-bond donors (Lipinski definition) is 1. The van der Waals surface area contributed by atoms with Crippen LogP contribution in [-0.2, 0) is 25.8 Å². The SMILES string of the molecule is CCCCC(=O)OS(=O)(=O)NCc1ccc(OC)cc1. The lowest BCUT2D eigenvalue weighted by atomic mass is 10.2. The molecular weight excluding hydrogens is 282 g/mol. The Hall–Kier alpha value is -1.60. The van der Waals surface area contributed by atoms with Gasteiger partial charge in [-0.2, -0.15) is 13.1 Å². The quantitative estimate of drug-likeness (QED) is 0.791. The van der Waals surface area contributed by atoms with E-state index in [-0.39, 0.29) is 13.0 Å². The van der Waals surface area contributed by atoms with E-state index < -0.39 is 16.3 Å². The van der Waals surface area contributed by atoms with Crippen molar-refractivity contribution in [1.29, 1.82) is 0 Å². The van der Waals surface area contributed by atoms with Crippen LogP contribution in [0.3, 0.4) is 0 Å². The third-order valence-corrected chi connectivity index (χ3v) is 3.45. The van der Waals surface area contributed by atoms with Gasteiger partial charge in [0.25, 0.3) is 0 Å². The predicted molar refractivity (Wildman–Crippen MR) is 74.4 cm³/mol. The highest BCUT2D eigenvalue weighted by Gasteiger charge is 2.16. The second-order valence-electron chi connectivity index (χ2n) is 4.18. The Morgan fingerprint density at radius 1 is 1.25 bits per heavy atom. The zero-order valence-corrected chi connectivity index (χ0v) is 12.4. The summed E-state index contributed by atoms with van der Waals surface area (Å²) in [4.78, 5) is 11.3. The lowest BCUT2D eigenvalue weighted by Gasteiger charge is -2.07. The molecule has 0 aliphatic rings. The van der Waals surface area contributed by atoms with Crippen molar-refractivity contribution < 1.29 is 22.1 Å². The maximum Gasteiger partial charge on any atom is 0.385 e. The zero-order chi connectivity index (χ0) is 15.0. The van der Waals surface area contributed by atoms with E-state index in [1.54, 1.807) is 31.4 Å². The number of methoxy groups -OCH3 is 1. The van der Waals surface area contributed by atoms with Crippen LogP contribution in [-0.4, -0.2) is 21.5 Å². The second kappa shape index (κ2) is 7.86. The number of ether oxygens (including phenoxy) is 1. The summed E-state index contributed by atoms with van der Waals surface area (Å²) in [5, 5.41) is 0. The Kier molecular flexibility index (Phi) is 6.47. The largest absolute Gasteiger partial charge is 0.497 e. The third-order valence-electron chi connectivity index (χ3n) is 2.55. The first kappa shape index (κ1) is 16.5. The average molecular weight is 301 g/mol. The topological polar surface area (TPSA) is 81.7 Å². The molecule has 0 radical (unpaired) electrons. The summed E-state index contributed by atoms with van der Waals surface area (Å²) in [6.07, 6.45) is 1.50. The molecule has 0 aliphatic heterocycles. The molecule has 0 fully saturated rings. The van der Waals surface area contributed by atoms with Crippen LogP contribution in [0.15, 0.2) is 24.3 Å². The van der Waals surface area contributed by atoms with E-state index in [1.165, 1.54) is 0 Å². The minimum absolute atomic E-state index is 0.0490. The van der Waals surface area contributed by atoms with Crippen molar-refractivity contribution >= 4 is 16.3 Å². The van der Waals surface area contributed by atoms with Gasteiger partial charge in [0.1, 0.15) is 5.75 Å². The Bertz CT molecular complexity index is 524. The van der Waals surface area contributed by atoms with Gasteiger partial charge in [-0.15, -0.1) is 0 Å². The summed E-state index contributed by atoms with van der Waals surface area (Å²) < 4.78 is 34.7. The van der Waals surface area contributed by atoms with Crippen LogP contribution in [0, 0.1) is 0 Å². The van der Waals surface area contributed by atoms with Crippen LogP contribution in [0.25, 0.3) is 0 Å². The average Bonchev–Trinajstić information content (AvgIpc) is 2.43. The first-order chi connectivity index (χ1) is 9.46. The molecule has 1 aromatic rings. The molecule has 7 heteroatoms. The number of hydrogen-bond acceptors (Lipinski definition) is 5. The number of benzene rings is 1. The molecular formula is C13H19NO5S. The second-order valence-corrected chi connectivity index (χ2v) is 5.55. The summed E-state index contributed by atoms with van der Waals surface area (Å²) in [5.74, 6) is -0.0586. The summed E-state index contributed by atoms with van der Waals surface area (Å²) in [6.45, 7) is 1.96. The maximum absolute atomic E-state index is 11.5. The van der Waals surface area contributed by atoms with Crippen molar-refractivity contribution in [1.82, 2.24) is 4.72 Å². The van der Waals surface area contributed by atoms with Gasteiger partial charge in [-0.05, 0) is 24.1 Å². The number of carbonyl (C=O) groups is 1. The van der Waals surface area contributed by atoms with Gasteiger partial charge in [-0.3, -0.25) is 4.79 Å². The molecule has 20 heavy (non-hydrogen) atoms. The maximum atomic E-state index is 11.5. The van der Waals surface area contributed by atoms with Crippen LogP contribution in [0.4, 0.5) is 0 Å². The fraction of sp³-hybridized carbons (Fsp3) is 0.462. The Morgan fingerprint density at radius 3 is 2.45 bits per heavy atom. The van der Waals surface area contributed by atoms with Gasteiger partial charge in [0.05, 0.1) is 7.11 Å². The Balaban J connectivity index is 2.47. The van der Waals surface area contributed by atoms with E-state index in [9.17, 15) is 13.2 Å². The van der Waals surface area contributed by atoms with Gasteiger partial charge in [-0.25, -0.2) is 0 Å². The monoisotopic (exact) mass is 301 g/mol. The molecule has 0 saturated heterocycles. The molecule has 0 heterocycles. The lowest BCUT2D eigenvalue weighted by Crippen LogP contribution is -2.27. The number of carbonyl (C=O) groups excluding carboxylic acids is 1. The van der Waals surface area contributed by atoms with Crippen LogP contribution < -0.4 is 9.46 Å². The summed E-state index contributed by atoms with van der Waals surface area (Å²) in [7, 11) is -2.51. The Morgan fingerprint density at radius 2 is 1.90 bits per heavy atom. The van der Waals surface area contributed by atoms with E-state index >= 15 is 0 Å². The van der Waals surface area contributed by atoms with Gasteiger partial charge in [0.15, 0.2) is 0 Å². The number of unbranched alkanes of at least 4 members (excludes halogenated alkanes) is 1. The fourth-order valence-corrected chi connectivity index (χ4v) is 2.16. The molecule has 1 N–H and O–H groups in total. The predicted octanol–water partition coefficient (Wildman–Crippen LogP) is 1.76. The molecule has 0 bridgehead atoms. The first-order valence-electron chi connectivity index (χ1n) is 6.31. The normalized spacial score (nSPS) is 11.1. The highest BCUT2D eigenvalue weighted by Crippen LogP contribution is 2.11. The van der Waals surface area contributed by atoms with Gasteiger partial charge < -0.3 is 8.92 Å². The standard InChI is InChI=1S/C13H19NO5S/c1-3-4-5-13(15)19-20(16,17)14-10-11-6-8-12(18-2)9-7-11/h6-9,14H,3-5,10H2,1-2H3. The van der Waals surface area contributed by atoms with Gasteiger partial charge in [-0.1, -0.05) is 25.5 Å². The van der Waals surface area contributed by atoms with E-state index in [4.69, 9.17) is 4.74 Å². The highest BCUT2D eigenvalue weighted by molar-refractivity contribution is 7.85. The van der Waals surface area contributed by atoms with E-state index in [2.05, 4.69) is 8.91 Å². The van der Waals surface area contributed by atoms with Crippen LogP contribution in [0.1, 0.15) is 31.7 Å². The zero-order valence-electron chi connectivity index (χ0n) is 11.6. The van der Waals surface area contributed by atoms with E-state index in [0.717, 1.165) is 12.0 Å². The summed E-state index contributed by atoms with van der Waals surface area (Å²) in [6, 6.07) is 6.88. The number of nitrogens with one attached hydrogen (secondary N) is 1. The highest BCUT2D eigenvalue weighted by atomic mass is 32.2. The summed E-state index contributed by atoms with van der Waals surface area (Å²) in [5.41, 5.74) is 0.735. The molecule has 112 valence electrons. The van der Waals surface area contributed by atoms with Crippen molar-refractivity contribution in [2.75, 3.05) is 7.11 Å². The molecule has 0 atom stereocenters. The molecule has 1 aromatic carbocycles. The smallest absolute Gasteiger partial charge is 0.385 e. The number of rotatable bonds is 8. The van der Waals surface area contributed by atoms with Crippen LogP contribution in [0.5, 0.6) is 5.75 Å². The van der Waals surface area contributed by atoms with Gasteiger partial charge in [0, 0.05) is 13.0 Å². The molecule has 1 rings (SSSR count). The van der Waals surface area contributed by atoms with E-state index in [0.29, 0.717) is 12.2 Å².